The summed E-state index contributed by atoms with van der Waals surface area (Å²) in [7, 11) is 0. The number of rotatable bonds is 11. The number of aromatic nitrogens is 2. The first-order chi connectivity index (χ1) is 17.5. The second-order valence-electron chi connectivity index (χ2n) is 9.37. The van der Waals surface area contributed by atoms with Crippen LogP contribution in [0.5, 0.6) is 5.75 Å². The number of hydroxylamine groups is 1. The number of nitrogens with one attached hydrogen (secondary N) is 1. The second-order valence-corrected chi connectivity index (χ2v) is 9.37. The zero-order chi connectivity index (χ0) is 25.5. The van der Waals surface area contributed by atoms with Gasteiger partial charge in [0.15, 0.2) is 5.82 Å². The lowest BCUT2D eigenvalue weighted by Gasteiger charge is -2.25. The van der Waals surface area contributed by atoms with Crippen molar-refractivity contribution in [3.63, 3.8) is 0 Å². The lowest BCUT2D eigenvalue weighted by molar-refractivity contribution is 0.156. The Labute approximate surface area is 227 Å². The summed E-state index contributed by atoms with van der Waals surface area (Å²) in [4.78, 5) is 17.8. The summed E-state index contributed by atoms with van der Waals surface area (Å²) < 4.78 is 6.16. The predicted octanol–water partition coefficient (Wildman–Crippen LogP) is 6.56. The van der Waals surface area contributed by atoms with E-state index in [0.29, 0.717) is 19.2 Å². The SMILES string of the molecule is CCN(CC)CCCOc1c(C)cc(Nc2ncc(C)c(N3OCC[C@H]3c3ccccc3)n2)cc1C.Cl. The van der Waals surface area contributed by atoms with E-state index in [-0.39, 0.29) is 18.4 Å². The highest BCUT2D eigenvalue weighted by Gasteiger charge is 2.30. The lowest BCUT2D eigenvalue weighted by Crippen LogP contribution is -2.25. The van der Waals surface area contributed by atoms with Gasteiger partial charge in [-0.15, -0.1) is 12.4 Å². The third-order valence-electron chi connectivity index (χ3n) is 6.72. The molecular formula is C29H40ClN5O2. The molecule has 4 rings (SSSR count). The van der Waals surface area contributed by atoms with E-state index in [4.69, 9.17) is 14.6 Å². The van der Waals surface area contributed by atoms with E-state index in [1.54, 1.807) is 0 Å². The van der Waals surface area contributed by atoms with Crippen molar-refractivity contribution in [1.29, 1.82) is 0 Å². The predicted molar refractivity (Wildman–Crippen MR) is 153 cm³/mol. The van der Waals surface area contributed by atoms with Crippen LogP contribution in [-0.2, 0) is 4.84 Å². The van der Waals surface area contributed by atoms with Gasteiger partial charge in [0.25, 0.3) is 0 Å². The summed E-state index contributed by atoms with van der Waals surface area (Å²) >= 11 is 0. The number of benzene rings is 2. The van der Waals surface area contributed by atoms with Gasteiger partial charge in [-0.25, -0.2) is 10.0 Å². The topological polar surface area (TPSA) is 62.8 Å². The van der Waals surface area contributed by atoms with Crippen molar-refractivity contribution in [2.24, 2.45) is 0 Å². The molecule has 200 valence electrons. The molecule has 2 heterocycles. The van der Waals surface area contributed by atoms with Crippen molar-refractivity contribution < 1.29 is 9.57 Å². The smallest absolute Gasteiger partial charge is 0.229 e. The van der Waals surface area contributed by atoms with Gasteiger partial charge in [-0.1, -0.05) is 44.2 Å². The van der Waals surface area contributed by atoms with Crippen molar-refractivity contribution in [2.45, 2.75) is 53.5 Å². The fourth-order valence-corrected chi connectivity index (χ4v) is 4.75. The molecule has 0 saturated carbocycles. The van der Waals surface area contributed by atoms with Gasteiger partial charge < -0.3 is 15.0 Å². The van der Waals surface area contributed by atoms with Crippen LogP contribution in [0.1, 0.15) is 55.0 Å². The molecule has 1 saturated heterocycles. The summed E-state index contributed by atoms with van der Waals surface area (Å²) in [6.45, 7) is 15.2. The Kier molecular flexibility index (Phi) is 10.6. The van der Waals surface area contributed by atoms with Crippen LogP contribution in [0.15, 0.2) is 48.7 Å². The van der Waals surface area contributed by atoms with Crippen LogP contribution in [0.3, 0.4) is 0 Å². The molecule has 7 nitrogen and oxygen atoms in total. The standard InChI is InChI=1S/C29H39N5O2.ClH/c1-6-33(7-2)15-11-16-35-27-21(3)18-25(19-22(27)4)31-29-30-20-23(5)28(32-29)34-26(14-17-36-34)24-12-9-8-10-13-24;/h8-10,12-13,18-20,26H,6-7,11,14-17H2,1-5H3,(H,30,31,32);1H/t26-;/m0./s1. The maximum atomic E-state index is 6.16. The number of hydrogen-bond acceptors (Lipinski definition) is 7. The average molecular weight is 526 g/mol. The van der Waals surface area contributed by atoms with Gasteiger partial charge in [-0.05, 0) is 69.1 Å². The van der Waals surface area contributed by atoms with Gasteiger partial charge in [-0.2, -0.15) is 4.98 Å². The maximum Gasteiger partial charge on any atom is 0.229 e. The number of nitrogens with zero attached hydrogens (tertiary/aromatic N) is 4. The Bertz CT molecular complexity index is 1120. The number of halogens is 1. The van der Waals surface area contributed by atoms with E-state index in [0.717, 1.165) is 66.4 Å². The summed E-state index contributed by atoms with van der Waals surface area (Å²) in [5, 5.41) is 5.32. The van der Waals surface area contributed by atoms with Crippen molar-refractivity contribution in [3.05, 3.63) is 70.9 Å². The molecule has 0 radical (unpaired) electrons. The second kappa shape index (κ2) is 13.6. The number of hydrogen-bond donors (Lipinski definition) is 1. The van der Waals surface area contributed by atoms with E-state index in [1.165, 1.54) is 5.56 Å². The van der Waals surface area contributed by atoms with Crippen LogP contribution >= 0.6 is 12.4 Å². The van der Waals surface area contributed by atoms with Crippen molar-refractivity contribution >= 4 is 29.9 Å². The Balaban J connectivity index is 0.00000380. The molecule has 1 fully saturated rings. The van der Waals surface area contributed by atoms with Crippen molar-refractivity contribution in [2.75, 3.05) is 43.2 Å². The molecule has 0 bridgehead atoms. The van der Waals surface area contributed by atoms with Crippen LogP contribution in [0.2, 0.25) is 0 Å². The summed E-state index contributed by atoms with van der Waals surface area (Å²) in [6, 6.07) is 14.8. The number of ether oxygens (including phenoxy) is 1. The van der Waals surface area contributed by atoms with Crippen LogP contribution in [0, 0.1) is 20.8 Å². The van der Waals surface area contributed by atoms with Gasteiger partial charge in [0, 0.05) is 30.4 Å². The van der Waals surface area contributed by atoms with Gasteiger partial charge in [0.2, 0.25) is 5.95 Å². The van der Waals surface area contributed by atoms with E-state index in [2.05, 4.69) is 79.3 Å². The van der Waals surface area contributed by atoms with Crippen LogP contribution < -0.4 is 15.1 Å². The first-order valence-corrected chi connectivity index (χ1v) is 13.0. The van der Waals surface area contributed by atoms with Crippen LogP contribution in [-0.4, -0.2) is 47.7 Å². The molecule has 1 N–H and O–H groups in total. The largest absolute Gasteiger partial charge is 0.493 e. The average Bonchev–Trinajstić information content (AvgIpc) is 3.37. The third kappa shape index (κ3) is 7.12. The molecular weight excluding hydrogens is 486 g/mol. The first-order valence-electron chi connectivity index (χ1n) is 13.0. The first kappa shape index (κ1) is 28.7. The van der Waals surface area contributed by atoms with E-state index in [9.17, 15) is 0 Å². The molecule has 8 heteroatoms. The van der Waals surface area contributed by atoms with Gasteiger partial charge in [-0.3, -0.25) is 4.84 Å². The lowest BCUT2D eigenvalue weighted by atomic mass is 10.0. The monoisotopic (exact) mass is 525 g/mol. The Morgan fingerprint density at radius 2 is 1.76 bits per heavy atom. The molecule has 0 unspecified atom stereocenters. The van der Waals surface area contributed by atoms with E-state index in [1.807, 2.05) is 24.3 Å². The molecule has 37 heavy (non-hydrogen) atoms. The third-order valence-corrected chi connectivity index (χ3v) is 6.72. The highest BCUT2D eigenvalue weighted by atomic mass is 35.5. The molecule has 0 spiro atoms. The fourth-order valence-electron chi connectivity index (χ4n) is 4.75. The molecule has 0 amide bonds. The molecule has 1 aliphatic heterocycles. The normalized spacial score (nSPS) is 15.1. The minimum atomic E-state index is 0. The van der Waals surface area contributed by atoms with E-state index >= 15 is 0 Å². The summed E-state index contributed by atoms with van der Waals surface area (Å²) in [5.41, 5.74) is 5.34. The zero-order valence-corrected chi connectivity index (χ0v) is 23.5. The van der Waals surface area contributed by atoms with E-state index < -0.39 is 0 Å². The van der Waals surface area contributed by atoms with Crippen LogP contribution in [0.25, 0.3) is 0 Å². The minimum absolute atomic E-state index is 0. The van der Waals surface area contributed by atoms with Gasteiger partial charge in [0.05, 0.1) is 19.3 Å². The summed E-state index contributed by atoms with van der Waals surface area (Å²) in [5.74, 6) is 2.30. The fraction of sp³-hybridized carbons (Fsp3) is 0.448. The Hall–Kier alpha value is -2.87. The molecule has 0 aliphatic carbocycles. The Morgan fingerprint density at radius 3 is 2.43 bits per heavy atom. The molecule has 1 atom stereocenters. The summed E-state index contributed by atoms with van der Waals surface area (Å²) in [6.07, 6.45) is 3.79. The van der Waals surface area contributed by atoms with Crippen LogP contribution in [0.4, 0.5) is 17.5 Å². The molecule has 1 aliphatic rings. The highest BCUT2D eigenvalue weighted by molar-refractivity contribution is 5.85. The molecule has 2 aromatic carbocycles. The minimum Gasteiger partial charge on any atom is -0.493 e. The van der Waals surface area contributed by atoms with Crippen molar-refractivity contribution in [1.82, 2.24) is 14.9 Å². The molecule has 1 aromatic heterocycles. The number of anilines is 3. The number of aryl methyl sites for hydroxylation is 3. The van der Waals surface area contributed by atoms with Crippen molar-refractivity contribution in [3.8, 4) is 5.75 Å². The van der Waals surface area contributed by atoms with Gasteiger partial charge >= 0.3 is 0 Å². The maximum absolute atomic E-state index is 6.16. The zero-order valence-electron chi connectivity index (χ0n) is 22.7. The molecule has 3 aromatic rings. The highest BCUT2D eigenvalue weighted by Crippen LogP contribution is 2.36. The Morgan fingerprint density at radius 1 is 1.05 bits per heavy atom. The van der Waals surface area contributed by atoms with Gasteiger partial charge in [0.1, 0.15) is 5.75 Å². The quantitative estimate of drug-likeness (QED) is 0.284.